The van der Waals surface area contributed by atoms with Gasteiger partial charge in [0, 0.05) is 19.6 Å². The summed E-state index contributed by atoms with van der Waals surface area (Å²) in [4.78, 5) is 12.8. The third-order valence-corrected chi connectivity index (χ3v) is 5.96. The molecule has 0 aliphatic carbocycles. The molecule has 0 rings (SSSR count). The number of hydrogen-bond donors (Lipinski definition) is 3. The molecule has 22 heavy (non-hydrogen) atoms. The topological polar surface area (TPSA) is 125 Å². The third-order valence-electron chi connectivity index (χ3n) is 3.08. The lowest BCUT2D eigenvalue weighted by Crippen LogP contribution is -2.67. The predicted molar refractivity (Wildman–Crippen MR) is 95.5 cm³/mol. The second-order valence-electron chi connectivity index (χ2n) is 4.68. The van der Waals surface area contributed by atoms with Gasteiger partial charge in [0.2, 0.25) is 0 Å². The third kappa shape index (κ3) is 5.62. The van der Waals surface area contributed by atoms with Crippen LogP contribution in [0.15, 0.2) is 15.0 Å². The van der Waals surface area contributed by atoms with Gasteiger partial charge in [-0.05, 0) is 41.9 Å². The molecule has 10 heteroatoms. The van der Waals surface area contributed by atoms with Crippen molar-refractivity contribution in [2.45, 2.75) is 20.8 Å². The molecule has 0 aliphatic heterocycles. The van der Waals surface area contributed by atoms with Crippen molar-refractivity contribution in [2.75, 3.05) is 40.8 Å². The lowest BCUT2D eigenvalue weighted by atomic mass is 10.8. The molecular formula is C12H30AlN9. The summed E-state index contributed by atoms with van der Waals surface area (Å²) in [5.74, 6) is 1.35. The average molecular weight is 327 g/mol. The fourth-order valence-electron chi connectivity index (χ4n) is 1.95. The molecule has 0 spiro atoms. The number of aliphatic imine (C=N–C) groups is 3. The second kappa shape index (κ2) is 10.1. The van der Waals surface area contributed by atoms with Crippen LogP contribution in [0.1, 0.15) is 20.8 Å². The zero-order valence-electron chi connectivity index (χ0n) is 14.6. The minimum absolute atomic E-state index is 0.450. The molecular weight excluding hydrogens is 297 g/mol. The molecule has 0 atom stereocenters. The van der Waals surface area contributed by atoms with Crippen LogP contribution in [0.3, 0.4) is 0 Å². The van der Waals surface area contributed by atoms with E-state index in [1.54, 1.807) is 0 Å². The maximum Gasteiger partial charge on any atom is 0.748 e. The van der Waals surface area contributed by atoms with Gasteiger partial charge in [-0.25, -0.2) is 0 Å². The predicted octanol–water partition coefficient (Wildman–Crippen LogP) is -1.23. The molecule has 0 aliphatic rings. The van der Waals surface area contributed by atoms with Crippen molar-refractivity contribution in [3.8, 4) is 0 Å². The number of rotatable bonds is 6. The maximum absolute atomic E-state index is 6.05. The first-order chi connectivity index (χ1) is 10.3. The fourth-order valence-corrected chi connectivity index (χ4v) is 4.47. The van der Waals surface area contributed by atoms with Gasteiger partial charge in [-0.3, -0.25) is 15.0 Å². The van der Waals surface area contributed by atoms with Crippen molar-refractivity contribution >= 4 is 32.7 Å². The Morgan fingerprint density at radius 3 is 1.09 bits per heavy atom. The van der Waals surface area contributed by atoms with Crippen LogP contribution in [0.5, 0.6) is 0 Å². The van der Waals surface area contributed by atoms with Gasteiger partial charge in [0.05, 0.1) is 0 Å². The molecule has 0 radical (unpaired) electrons. The Morgan fingerprint density at radius 2 is 0.909 bits per heavy atom. The van der Waals surface area contributed by atoms with Crippen molar-refractivity contribution in [1.29, 1.82) is 0 Å². The highest BCUT2D eigenvalue weighted by Gasteiger charge is 2.42. The van der Waals surface area contributed by atoms with Crippen LogP contribution in [-0.4, -0.2) is 85.1 Å². The largest absolute Gasteiger partial charge is 0.748 e. The molecule has 126 valence electrons. The fraction of sp³-hybridized carbons (Fsp3) is 0.750. The zero-order chi connectivity index (χ0) is 17.3. The van der Waals surface area contributed by atoms with E-state index >= 15 is 0 Å². The Kier molecular flexibility index (Phi) is 9.37. The van der Waals surface area contributed by atoms with E-state index in [4.69, 9.17) is 17.2 Å². The first-order valence-electron chi connectivity index (χ1n) is 7.39. The minimum Gasteiger partial charge on any atom is -0.399 e. The van der Waals surface area contributed by atoms with E-state index in [9.17, 15) is 0 Å². The average Bonchev–Trinajstić information content (AvgIpc) is 2.47. The summed E-state index contributed by atoms with van der Waals surface area (Å²) in [6.45, 7) is 7.64. The zero-order valence-corrected chi connectivity index (χ0v) is 15.8. The van der Waals surface area contributed by atoms with Crippen molar-refractivity contribution < 1.29 is 0 Å². The van der Waals surface area contributed by atoms with Crippen LogP contribution in [0.25, 0.3) is 0 Å². The molecule has 0 amide bonds. The second-order valence-corrected chi connectivity index (χ2v) is 7.69. The summed E-state index contributed by atoms with van der Waals surface area (Å²) in [7, 11) is 5.66. The lowest BCUT2D eigenvalue weighted by molar-refractivity contribution is 0.532. The number of hydrogen-bond acceptors (Lipinski definition) is 3. The Bertz CT molecular complexity index is 359. The highest BCUT2D eigenvalue weighted by molar-refractivity contribution is 6.58. The maximum atomic E-state index is 6.05. The van der Waals surface area contributed by atoms with E-state index in [-0.39, 0.29) is 0 Å². The van der Waals surface area contributed by atoms with Gasteiger partial charge >= 0.3 is 14.8 Å². The summed E-state index contributed by atoms with van der Waals surface area (Å²) >= 11 is -2.05. The van der Waals surface area contributed by atoms with E-state index < -0.39 is 14.8 Å². The van der Waals surface area contributed by atoms with Crippen LogP contribution in [0.2, 0.25) is 0 Å². The van der Waals surface area contributed by atoms with Gasteiger partial charge in [-0.15, -0.1) is 0 Å². The van der Waals surface area contributed by atoms with E-state index in [0.717, 1.165) is 0 Å². The molecule has 0 saturated carbocycles. The highest BCUT2D eigenvalue weighted by Crippen LogP contribution is 2.03. The van der Waals surface area contributed by atoms with Gasteiger partial charge in [0.1, 0.15) is 0 Å². The first-order valence-corrected chi connectivity index (χ1v) is 8.94. The summed E-state index contributed by atoms with van der Waals surface area (Å²) in [6.07, 6.45) is 0. The smallest absolute Gasteiger partial charge is 0.399 e. The Balaban J connectivity index is 5.62. The van der Waals surface area contributed by atoms with Crippen molar-refractivity contribution in [1.82, 2.24) is 11.7 Å². The molecule has 0 unspecified atom stereocenters. The number of nitrogens with zero attached hydrogens (tertiary/aromatic N) is 6. The molecule has 9 nitrogen and oxygen atoms in total. The SMILES string of the molecule is CCN=C(N)[N](C)[Al]([N](C)C(N)=NCC)[N](C)C(N)=NCC. The standard InChI is InChI=1S/3C4H10N3.Al/c3*1-3-7-4(5)6-2;/h3*3H2,1-2H3,(H2-,5,6,7);/q3*-1;+3. The number of guanidine groups is 3. The van der Waals surface area contributed by atoms with Crippen molar-refractivity contribution in [2.24, 2.45) is 32.2 Å². The monoisotopic (exact) mass is 327 g/mol. The molecule has 6 N–H and O–H groups in total. The lowest BCUT2D eigenvalue weighted by Gasteiger charge is -2.37. The molecule has 0 heterocycles. The molecule has 0 fully saturated rings. The minimum atomic E-state index is -2.05. The van der Waals surface area contributed by atoms with Crippen LogP contribution >= 0.6 is 0 Å². The molecule has 0 aromatic heterocycles. The Morgan fingerprint density at radius 1 is 0.682 bits per heavy atom. The van der Waals surface area contributed by atoms with Gasteiger partial charge in [-0.1, -0.05) is 0 Å². The van der Waals surface area contributed by atoms with Gasteiger partial charge in [0.15, 0.2) is 17.9 Å². The van der Waals surface area contributed by atoms with Crippen molar-refractivity contribution in [3.63, 3.8) is 0 Å². The van der Waals surface area contributed by atoms with Crippen LogP contribution in [-0.2, 0) is 0 Å². The van der Waals surface area contributed by atoms with E-state index in [1.807, 2.05) is 53.6 Å². The van der Waals surface area contributed by atoms with E-state index in [1.165, 1.54) is 0 Å². The molecule has 0 aromatic rings. The summed E-state index contributed by atoms with van der Waals surface area (Å²) in [5.41, 5.74) is 18.1. The normalized spacial score (nSPS) is 13.1. The number of nitrogens with two attached hydrogens (primary N) is 3. The summed E-state index contributed by atoms with van der Waals surface area (Å²) in [5, 5.41) is 0. The van der Waals surface area contributed by atoms with Gasteiger partial charge in [-0.2, -0.15) is 0 Å². The van der Waals surface area contributed by atoms with E-state index in [2.05, 4.69) is 15.0 Å². The van der Waals surface area contributed by atoms with Gasteiger partial charge < -0.3 is 28.9 Å². The van der Waals surface area contributed by atoms with Gasteiger partial charge in [0.25, 0.3) is 0 Å². The highest BCUT2D eigenvalue weighted by atomic mass is 27.2. The quantitative estimate of drug-likeness (QED) is 0.319. The van der Waals surface area contributed by atoms with Crippen LogP contribution in [0.4, 0.5) is 0 Å². The van der Waals surface area contributed by atoms with Crippen LogP contribution < -0.4 is 17.2 Å². The van der Waals surface area contributed by atoms with Crippen molar-refractivity contribution in [3.05, 3.63) is 0 Å². The molecule has 0 bridgehead atoms. The molecule has 0 aromatic carbocycles. The summed E-state index contributed by atoms with van der Waals surface area (Å²) in [6, 6.07) is 0. The Labute approximate surface area is 138 Å². The summed E-state index contributed by atoms with van der Waals surface area (Å²) < 4.78 is 5.75. The first kappa shape index (κ1) is 20.3. The van der Waals surface area contributed by atoms with Crippen LogP contribution in [0, 0.1) is 0 Å². The Hall–Kier alpha value is -1.66. The van der Waals surface area contributed by atoms with E-state index in [0.29, 0.717) is 37.5 Å². The molecule has 0 saturated heterocycles.